The third-order valence-corrected chi connectivity index (χ3v) is 5.98. The second-order valence-electron chi connectivity index (χ2n) is 8.33. The average Bonchev–Trinajstić information content (AvgIpc) is 3.38. The number of alkyl halides is 3. The van der Waals surface area contributed by atoms with Crippen LogP contribution in [-0.4, -0.2) is 38.9 Å². The lowest BCUT2D eigenvalue weighted by Crippen LogP contribution is -2.28. The van der Waals surface area contributed by atoms with Gasteiger partial charge in [-0.05, 0) is 23.3 Å². The van der Waals surface area contributed by atoms with E-state index in [0.29, 0.717) is 37.8 Å². The number of hydrogen-bond acceptors (Lipinski definition) is 5. The molecule has 3 heterocycles. The molecule has 8 nitrogen and oxygen atoms in total. The molecule has 0 aliphatic carbocycles. The molecule has 5 rings (SSSR count). The van der Waals surface area contributed by atoms with E-state index in [-0.39, 0.29) is 10.9 Å². The number of nitrogens with zero attached hydrogens (tertiary/aromatic N) is 3. The second-order valence-corrected chi connectivity index (χ2v) is 8.33. The first-order valence-corrected chi connectivity index (χ1v) is 11.2. The highest BCUT2D eigenvalue weighted by atomic mass is 19.4. The zero-order valence-electron chi connectivity index (χ0n) is 19.4. The Balaban J connectivity index is 1.60. The fourth-order valence-electron chi connectivity index (χ4n) is 4.34. The number of anilines is 1. The van der Waals surface area contributed by atoms with E-state index >= 15 is 0 Å². The molecule has 37 heavy (non-hydrogen) atoms. The number of benzene rings is 2. The minimum atomic E-state index is -4.62. The molecular formula is C26H20F3N5O3. The number of aromatic nitrogens is 4. The van der Waals surface area contributed by atoms with E-state index in [1.807, 2.05) is 6.07 Å². The number of aromatic amines is 1. The number of fused-ring (bicyclic) bond motifs is 3. The lowest BCUT2D eigenvalue weighted by atomic mass is 10.0. The Kier molecular flexibility index (Phi) is 6.22. The molecule has 1 atom stereocenters. The number of H-pyrrole nitrogens is 1. The summed E-state index contributed by atoms with van der Waals surface area (Å²) in [4.78, 5) is 30.1. The van der Waals surface area contributed by atoms with Crippen LogP contribution >= 0.6 is 0 Å². The molecule has 0 radical (unpaired) electrons. The van der Waals surface area contributed by atoms with E-state index in [1.165, 1.54) is 31.8 Å². The van der Waals surface area contributed by atoms with Crippen LogP contribution in [-0.2, 0) is 16.1 Å². The SMILES string of the molecule is COC(C(=O)Nc1cnccc1-c1ccc2c3[nH]ncc3c(=O)n(CC(F)(F)F)c2c1)c1ccccc1. The van der Waals surface area contributed by atoms with E-state index in [1.54, 1.807) is 42.5 Å². The molecule has 1 amide bonds. The number of carbonyl (C=O) groups is 1. The summed E-state index contributed by atoms with van der Waals surface area (Å²) < 4.78 is 46.3. The van der Waals surface area contributed by atoms with Crippen molar-refractivity contribution < 1.29 is 22.7 Å². The van der Waals surface area contributed by atoms with Gasteiger partial charge in [-0.25, -0.2) is 0 Å². The topological polar surface area (TPSA) is 102 Å². The van der Waals surface area contributed by atoms with Crippen LogP contribution in [0.4, 0.5) is 18.9 Å². The summed E-state index contributed by atoms with van der Waals surface area (Å²) >= 11 is 0. The smallest absolute Gasteiger partial charge is 0.367 e. The quantitative estimate of drug-likeness (QED) is 0.343. The Hall–Kier alpha value is -4.51. The van der Waals surface area contributed by atoms with E-state index in [4.69, 9.17) is 4.74 Å². The van der Waals surface area contributed by atoms with Crippen molar-refractivity contribution in [3.8, 4) is 11.1 Å². The van der Waals surface area contributed by atoms with Crippen molar-refractivity contribution in [2.24, 2.45) is 0 Å². The largest absolute Gasteiger partial charge is 0.406 e. The minimum absolute atomic E-state index is 0.0629. The maximum atomic E-state index is 13.4. The number of methoxy groups -OCH3 is 1. The van der Waals surface area contributed by atoms with Crippen molar-refractivity contribution in [1.82, 2.24) is 19.7 Å². The zero-order valence-corrected chi connectivity index (χ0v) is 19.4. The molecule has 0 saturated heterocycles. The van der Waals surface area contributed by atoms with Crippen LogP contribution in [0.3, 0.4) is 0 Å². The predicted molar refractivity (Wildman–Crippen MR) is 132 cm³/mol. The van der Waals surface area contributed by atoms with Gasteiger partial charge in [0.05, 0.1) is 34.5 Å². The van der Waals surface area contributed by atoms with Gasteiger partial charge in [0.15, 0.2) is 6.10 Å². The van der Waals surface area contributed by atoms with Crippen molar-refractivity contribution in [3.05, 3.63) is 89.1 Å². The summed E-state index contributed by atoms with van der Waals surface area (Å²) in [7, 11) is 1.42. The molecule has 1 unspecified atom stereocenters. The molecule has 0 bridgehead atoms. The first kappa shape index (κ1) is 24.2. The summed E-state index contributed by atoms with van der Waals surface area (Å²) in [6.45, 7) is -1.46. The molecule has 11 heteroatoms. The van der Waals surface area contributed by atoms with Gasteiger partial charge < -0.3 is 10.1 Å². The Bertz CT molecular complexity index is 1660. The first-order valence-electron chi connectivity index (χ1n) is 11.2. The fraction of sp³-hybridized carbons (Fsp3) is 0.154. The van der Waals surface area contributed by atoms with Crippen LogP contribution in [0.5, 0.6) is 0 Å². The number of ether oxygens (including phenoxy) is 1. The third kappa shape index (κ3) is 4.68. The summed E-state index contributed by atoms with van der Waals surface area (Å²) in [6, 6.07) is 15.3. The second kappa shape index (κ2) is 9.51. The Morgan fingerprint density at radius 3 is 2.62 bits per heavy atom. The molecule has 0 aliphatic rings. The zero-order chi connectivity index (χ0) is 26.2. The van der Waals surface area contributed by atoms with E-state index in [0.717, 1.165) is 0 Å². The molecule has 0 spiro atoms. The van der Waals surface area contributed by atoms with Crippen LogP contribution in [0.15, 0.2) is 78.0 Å². The number of nitrogens with one attached hydrogen (secondary N) is 2. The van der Waals surface area contributed by atoms with Gasteiger partial charge in [0.2, 0.25) is 0 Å². The molecule has 0 fully saturated rings. The Morgan fingerprint density at radius 2 is 1.89 bits per heavy atom. The van der Waals surface area contributed by atoms with E-state index in [9.17, 15) is 22.8 Å². The number of carbonyl (C=O) groups excluding carboxylic acids is 1. The molecule has 5 aromatic rings. The highest BCUT2D eigenvalue weighted by molar-refractivity contribution is 6.05. The molecule has 188 valence electrons. The molecule has 2 N–H and O–H groups in total. The van der Waals surface area contributed by atoms with Gasteiger partial charge in [-0.3, -0.25) is 24.2 Å². The van der Waals surface area contributed by atoms with Crippen LogP contribution < -0.4 is 10.9 Å². The minimum Gasteiger partial charge on any atom is -0.367 e. The molecule has 0 saturated carbocycles. The van der Waals surface area contributed by atoms with Gasteiger partial charge in [0, 0.05) is 24.3 Å². The lowest BCUT2D eigenvalue weighted by Gasteiger charge is -2.18. The normalized spacial score (nSPS) is 12.6. The standard InChI is InChI=1S/C26H20F3N5O3/c1-37-23(15-5-3-2-4-6-15)24(35)32-20-13-30-10-9-17(20)16-7-8-18-21(11-16)34(14-26(27,28)29)25(36)19-12-31-33-22(18)19/h2-13,23H,14H2,1H3,(H,31,33)(H,32,35). The number of pyridine rings is 2. The average molecular weight is 507 g/mol. The maximum Gasteiger partial charge on any atom is 0.406 e. The molecule has 3 aromatic heterocycles. The number of hydrogen-bond donors (Lipinski definition) is 2. The highest BCUT2D eigenvalue weighted by Crippen LogP contribution is 2.33. The van der Waals surface area contributed by atoms with Gasteiger partial charge in [-0.1, -0.05) is 42.5 Å². The Morgan fingerprint density at radius 1 is 1.11 bits per heavy atom. The summed E-state index contributed by atoms with van der Waals surface area (Å²) in [5.41, 5.74) is 1.58. The lowest BCUT2D eigenvalue weighted by molar-refractivity contribution is -0.140. The van der Waals surface area contributed by atoms with Gasteiger partial charge >= 0.3 is 6.18 Å². The van der Waals surface area contributed by atoms with Crippen molar-refractivity contribution >= 4 is 33.4 Å². The first-order chi connectivity index (χ1) is 17.8. The van der Waals surface area contributed by atoms with Gasteiger partial charge in [0.1, 0.15) is 6.54 Å². The van der Waals surface area contributed by atoms with Crippen molar-refractivity contribution in [3.63, 3.8) is 0 Å². The summed E-state index contributed by atoms with van der Waals surface area (Å²) in [6.07, 6.45) is -1.35. The summed E-state index contributed by atoms with van der Waals surface area (Å²) in [5.74, 6) is -0.447. The van der Waals surface area contributed by atoms with Crippen LogP contribution in [0.2, 0.25) is 0 Å². The van der Waals surface area contributed by atoms with Crippen molar-refractivity contribution in [2.75, 3.05) is 12.4 Å². The Labute approximate surface area is 207 Å². The maximum absolute atomic E-state index is 13.4. The van der Waals surface area contributed by atoms with Crippen LogP contribution in [0, 0.1) is 0 Å². The number of amides is 1. The highest BCUT2D eigenvalue weighted by Gasteiger charge is 2.30. The third-order valence-electron chi connectivity index (χ3n) is 5.98. The van der Waals surface area contributed by atoms with E-state index in [2.05, 4.69) is 20.5 Å². The molecule has 0 aliphatic heterocycles. The van der Waals surface area contributed by atoms with Crippen LogP contribution in [0.1, 0.15) is 11.7 Å². The fourth-order valence-corrected chi connectivity index (χ4v) is 4.34. The van der Waals surface area contributed by atoms with Gasteiger partial charge in [-0.15, -0.1) is 0 Å². The molecular weight excluding hydrogens is 487 g/mol. The van der Waals surface area contributed by atoms with Gasteiger partial charge in [-0.2, -0.15) is 18.3 Å². The monoisotopic (exact) mass is 507 g/mol. The number of rotatable bonds is 6. The van der Waals surface area contributed by atoms with Gasteiger partial charge in [0.25, 0.3) is 11.5 Å². The molecule has 2 aromatic carbocycles. The van der Waals surface area contributed by atoms with Crippen LogP contribution in [0.25, 0.3) is 32.9 Å². The summed E-state index contributed by atoms with van der Waals surface area (Å²) in [5, 5.41) is 9.81. The van der Waals surface area contributed by atoms with Crippen molar-refractivity contribution in [2.45, 2.75) is 18.8 Å². The van der Waals surface area contributed by atoms with Crippen molar-refractivity contribution in [1.29, 1.82) is 0 Å². The number of halogens is 3. The predicted octanol–water partition coefficient (Wildman–Crippen LogP) is 4.83. The van der Waals surface area contributed by atoms with E-state index < -0.39 is 30.3 Å².